The zero-order valence-electron chi connectivity index (χ0n) is 11.8. The smallest absolute Gasteiger partial charge is 0.229 e. The van der Waals surface area contributed by atoms with Crippen LogP contribution in [0.15, 0.2) is 54.6 Å². The molecule has 0 aliphatic carbocycles. The van der Waals surface area contributed by atoms with Crippen LogP contribution in [-0.4, -0.2) is 18.4 Å². The molecule has 0 bridgehead atoms. The van der Waals surface area contributed by atoms with Gasteiger partial charge in [0, 0.05) is 24.3 Å². The molecule has 0 unspecified atom stereocenters. The van der Waals surface area contributed by atoms with E-state index in [1.807, 2.05) is 30.3 Å². The number of hydrogen-bond acceptors (Lipinski definition) is 2. The lowest BCUT2D eigenvalue weighted by Crippen LogP contribution is -2.28. The maximum atomic E-state index is 12.9. The van der Waals surface area contributed by atoms with E-state index in [1.54, 1.807) is 4.90 Å². The molecule has 1 N–H and O–H groups in total. The van der Waals surface area contributed by atoms with E-state index in [9.17, 15) is 14.0 Å². The molecule has 5 heteroatoms. The van der Waals surface area contributed by atoms with Crippen molar-refractivity contribution in [3.8, 4) is 0 Å². The second kappa shape index (κ2) is 5.97. The largest absolute Gasteiger partial charge is 0.326 e. The van der Waals surface area contributed by atoms with Gasteiger partial charge in [-0.25, -0.2) is 4.39 Å². The molecule has 1 saturated heterocycles. The van der Waals surface area contributed by atoms with Gasteiger partial charge in [0.2, 0.25) is 11.8 Å². The number of anilines is 2. The van der Waals surface area contributed by atoms with Crippen LogP contribution in [0.3, 0.4) is 0 Å². The summed E-state index contributed by atoms with van der Waals surface area (Å²) in [6.45, 7) is 0.357. The Kier molecular flexibility index (Phi) is 3.87. The highest BCUT2D eigenvalue weighted by Crippen LogP contribution is 2.25. The van der Waals surface area contributed by atoms with Gasteiger partial charge in [-0.1, -0.05) is 18.2 Å². The van der Waals surface area contributed by atoms with Crippen molar-refractivity contribution in [1.29, 1.82) is 0 Å². The van der Waals surface area contributed by atoms with E-state index in [4.69, 9.17) is 0 Å². The van der Waals surface area contributed by atoms with Crippen molar-refractivity contribution in [2.24, 2.45) is 5.92 Å². The minimum absolute atomic E-state index is 0.0644. The molecule has 0 spiro atoms. The number of hydrogen-bond donors (Lipinski definition) is 1. The fourth-order valence-electron chi connectivity index (χ4n) is 2.52. The highest BCUT2D eigenvalue weighted by atomic mass is 19.1. The highest BCUT2D eigenvalue weighted by Gasteiger charge is 2.35. The molecule has 1 aliphatic heterocycles. The molecule has 1 aliphatic rings. The first-order chi connectivity index (χ1) is 10.6. The SMILES string of the molecule is O=C(Nc1ccc(F)cc1)[C@H]1CC(=O)N(c2ccccc2)C1. The standard InChI is InChI=1S/C17H15FN2O2/c18-13-6-8-14(9-7-13)19-17(22)12-10-16(21)20(11-12)15-4-2-1-3-5-15/h1-9,12H,10-11H2,(H,19,22)/t12-/m0/s1. The molecule has 2 aromatic rings. The lowest BCUT2D eigenvalue weighted by molar-refractivity contribution is -0.122. The number of para-hydroxylation sites is 1. The molecule has 0 saturated carbocycles. The van der Waals surface area contributed by atoms with E-state index in [-0.39, 0.29) is 24.1 Å². The van der Waals surface area contributed by atoms with E-state index in [1.165, 1.54) is 24.3 Å². The van der Waals surface area contributed by atoms with Crippen molar-refractivity contribution in [3.05, 3.63) is 60.4 Å². The van der Waals surface area contributed by atoms with Crippen LogP contribution in [0.25, 0.3) is 0 Å². The van der Waals surface area contributed by atoms with Gasteiger partial charge in [-0.05, 0) is 36.4 Å². The fraction of sp³-hybridized carbons (Fsp3) is 0.176. The first-order valence-electron chi connectivity index (χ1n) is 7.05. The predicted molar refractivity (Wildman–Crippen MR) is 81.9 cm³/mol. The second-order valence-corrected chi connectivity index (χ2v) is 5.24. The number of amides is 2. The second-order valence-electron chi connectivity index (χ2n) is 5.24. The normalized spacial score (nSPS) is 17.6. The highest BCUT2D eigenvalue weighted by molar-refractivity contribution is 6.03. The third-order valence-corrected chi connectivity index (χ3v) is 3.68. The average Bonchev–Trinajstić information content (AvgIpc) is 2.92. The van der Waals surface area contributed by atoms with Crippen molar-refractivity contribution < 1.29 is 14.0 Å². The Hall–Kier alpha value is -2.69. The summed E-state index contributed by atoms with van der Waals surface area (Å²) in [5.41, 5.74) is 1.32. The molecule has 1 fully saturated rings. The summed E-state index contributed by atoms with van der Waals surface area (Å²) in [6, 6.07) is 14.8. The van der Waals surface area contributed by atoms with E-state index in [0.29, 0.717) is 12.2 Å². The Labute approximate surface area is 127 Å². The maximum absolute atomic E-state index is 12.9. The van der Waals surface area contributed by atoms with Crippen molar-refractivity contribution in [2.45, 2.75) is 6.42 Å². The molecule has 22 heavy (non-hydrogen) atoms. The van der Waals surface area contributed by atoms with Crippen LogP contribution in [0.4, 0.5) is 15.8 Å². The first kappa shape index (κ1) is 14.3. The van der Waals surface area contributed by atoms with E-state index in [2.05, 4.69) is 5.32 Å². The Morgan fingerprint density at radius 1 is 1.09 bits per heavy atom. The number of nitrogens with one attached hydrogen (secondary N) is 1. The van der Waals surface area contributed by atoms with Gasteiger partial charge >= 0.3 is 0 Å². The lowest BCUT2D eigenvalue weighted by Gasteiger charge is -2.16. The van der Waals surface area contributed by atoms with Crippen LogP contribution < -0.4 is 10.2 Å². The van der Waals surface area contributed by atoms with Crippen molar-refractivity contribution >= 4 is 23.2 Å². The molecular formula is C17H15FN2O2. The molecule has 0 aromatic heterocycles. The van der Waals surface area contributed by atoms with Gasteiger partial charge in [0.15, 0.2) is 0 Å². The number of halogens is 1. The lowest BCUT2D eigenvalue weighted by atomic mass is 10.1. The summed E-state index contributed by atoms with van der Waals surface area (Å²) in [5.74, 6) is -1.05. The summed E-state index contributed by atoms with van der Waals surface area (Å²) in [5, 5.41) is 2.72. The van der Waals surface area contributed by atoms with Gasteiger partial charge in [-0.15, -0.1) is 0 Å². The average molecular weight is 298 g/mol. The third kappa shape index (κ3) is 2.98. The predicted octanol–water partition coefficient (Wildman–Crippen LogP) is 2.82. The Morgan fingerprint density at radius 3 is 2.45 bits per heavy atom. The van der Waals surface area contributed by atoms with Crippen LogP contribution in [0.1, 0.15) is 6.42 Å². The van der Waals surface area contributed by atoms with Crippen molar-refractivity contribution in [1.82, 2.24) is 0 Å². The third-order valence-electron chi connectivity index (χ3n) is 3.68. The Morgan fingerprint density at radius 2 is 1.77 bits per heavy atom. The summed E-state index contributed by atoms with van der Waals surface area (Å²) in [6.07, 6.45) is 0.182. The molecule has 1 atom stereocenters. The van der Waals surface area contributed by atoms with Crippen molar-refractivity contribution in [2.75, 3.05) is 16.8 Å². The number of carbonyl (C=O) groups excluding carboxylic acids is 2. The van der Waals surface area contributed by atoms with Gasteiger partial charge in [-0.3, -0.25) is 9.59 Å². The molecule has 1 heterocycles. The van der Waals surface area contributed by atoms with E-state index >= 15 is 0 Å². The van der Waals surface area contributed by atoms with Gasteiger partial charge in [-0.2, -0.15) is 0 Å². The van der Waals surface area contributed by atoms with Gasteiger partial charge in [0.25, 0.3) is 0 Å². The molecule has 4 nitrogen and oxygen atoms in total. The fourth-order valence-corrected chi connectivity index (χ4v) is 2.52. The first-order valence-corrected chi connectivity index (χ1v) is 7.05. The maximum Gasteiger partial charge on any atom is 0.229 e. The molecule has 3 rings (SSSR count). The topological polar surface area (TPSA) is 49.4 Å². The zero-order valence-corrected chi connectivity index (χ0v) is 11.8. The summed E-state index contributed by atoms with van der Waals surface area (Å²) in [7, 11) is 0. The minimum atomic E-state index is -0.405. The van der Waals surface area contributed by atoms with Crippen LogP contribution in [0.2, 0.25) is 0 Å². The van der Waals surface area contributed by atoms with Gasteiger partial charge < -0.3 is 10.2 Å². The van der Waals surface area contributed by atoms with Gasteiger partial charge in [0.05, 0.1) is 5.92 Å². The summed E-state index contributed by atoms with van der Waals surface area (Å²) < 4.78 is 12.9. The van der Waals surface area contributed by atoms with Crippen LogP contribution >= 0.6 is 0 Å². The van der Waals surface area contributed by atoms with Crippen LogP contribution in [0.5, 0.6) is 0 Å². The monoisotopic (exact) mass is 298 g/mol. The minimum Gasteiger partial charge on any atom is -0.326 e. The molecule has 2 aromatic carbocycles. The molecule has 0 radical (unpaired) electrons. The van der Waals surface area contributed by atoms with Crippen LogP contribution in [0, 0.1) is 11.7 Å². The number of rotatable bonds is 3. The summed E-state index contributed by atoms with van der Waals surface area (Å²) in [4.78, 5) is 25.9. The van der Waals surface area contributed by atoms with E-state index < -0.39 is 5.92 Å². The van der Waals surface area contributed by atoms with E-state index in [0.717, 1.165) is 5.69 Å². The van der Waals surface area contributed by atoms with Crippen LogP contribution in [-0.2, 0) is 9.59 Å². The Bertz CT molecular complexity index is 686. The number of benzene rings is 2. The van der Waals surface area contributed by atoms with Crippen molar-refractivity contribution in [3.63, 3.8) is 0 Å². The quantitative estimate of drug-likeness (QED) is 0.947. The molecular weight excluding hydrogens is 283 g/mol. The van der Waals surface area contributed by atoms with Gasteiger partial charge in [0.1, 0.15) is 5.82 Å². The summed E-state index contributed by atoms with van der Waals surface area (Å²) >= 11 is 0. The molecule has 2 amide bonds. The Balaban J connectivity index is 1.67. The molecule has 112 valence electrons. The zero-order chi connectivity index (χ0) is 15.5. The number of carbonyl (C=O) groups is 2. The number of nitrogens with zero attached hydrogens (tertiary/aromatic N) is 1.